The molecule has 0 amide bonds. The van der Waals surface area contributed by atoms with Crippen molar-refractivity contribution in [2.45, 2.75) is 25.7 Å². The minimum Gasteiger partial charge on any atom is -0.418 e. The summed E-state index contributed by atoms with van der Waals surface area (Å²) in [6, 6.07) is 55.9. The number of benzene rings is 7. The Morgan fingerprint density at radius 2 is 0.879 bits per heavy atom. The molecule has 0 N–H and O–H groups in total. The van der Waals surface area contributed by atoms with Gasteiger partial charge in [0.25, 0.3) is 0 Å². The molecule has 8 aromatic rings. The van der Waals surface area contributed by atoms with Gasteiger partial charge in [-0.25, -0.2) is 0 Å². The maximum Gasteiger partial charge on any atom is 0.673 e. The minimum atomic E-state index is -6.00. The molecule has 297 valence electrons. The van der Waals surface area contributed by atoms with Crippen LogP contribution in [0.15, 0.2) is 166 Å². The Kier molecular flexibility index (Phi) is 15.3. The first-order valence-electron chi connectivity index (χ1n) is 18.9. The predicted molar refractivity (Wildman–Crippen MR) is 236 cm³/mol. The van der Waals surface area contributed by atoms with E-state index in [0.29, 0.717) is 0 Å². The second-order valence-corrected chi connectivity index (χ2v) is 17.0. The van der Waals surface area contributed by atoms with Crippen LogP contribution in [0.1, 0.15) is 25.7 Å². The number of nitrogens with zero attached hydrogens (tertiary/aromatic N) is 1. The Hall–Kier alpha value is -4.40. The largest absolute Gasteiger partial charge is 0.673 e. The number of rotatable bonds is 5. The van der Waals surface area contributed by atoms with E-state index in [4.69, 9.17) is 8.39 Å². The van der Waals surface area contributed by atoms with E-state index >= 15 is 0 Å². The van der Waals surface area contributed by atoms with Gasteiger partial charge >= 0.3 is 15.4 Å². The smallest absolute Gasteiger partial charge is 0.418 e. The van der Waals surface area contributed by atoms with Gasteiger partial charge in [-0.15, -0.1) is 0 Å². The van der Waals surface area contributed by atoms with Gasteiger partial charge in [-0.1, -0.05) is 140 Å². The number of hydrogen-bond donors (Lipinski definition) is 0. The third kappa shape index (κ3) is 10.8. The van der Waals surface area contributed by atoms with Crippen LogP contribution in [0.5, 0.6) is 0 Å². The molecule has 9 rings (SSSR count). The molecular formula is C47H41BF4NO2P2Rh-. The van der Waals surface area contributed by atoms with E-state index in [1.54, 1.807) is 0 Å². The second kappa shape index (κ2) is 20.5. The van der Waals surface area contributed by atoms with E-state index in [-0.39, 0.29) is 19.5 Å². The van der Waals surface area contributed by atoms with Crippen LogP contribution in [0.4, 0.5) is 23.0 Å². The maximum absolute atomic E-state index is 9.75. The molecule has 1 aromatic heterocycles. The molecule has 58 heavy (non-hydrogen) atoms. The van der Waals surface area contributed by atoms with Crippen molar-refractivity contribution in [3.63, 3.8) is 0 Å². The molecular weight excluding hydrogens is 862 g/mol. The monoisotopic (exact) mass is 903 g/mol. The molecule has 1 saturated carbocycles. The molecule has 1 aliphatic rings. The van der Waals surface area contributed by atoms with Crippen LogP contribution in [-0.2, 0) is 19.5 Å². The fraction of sp³-hybridized carbons (Fsp3) is 0.106. The van der Waals surface area contributed by atoms with Crippen LogP contribution in [0.25, 0.3) is 43.5 Å². The number of hydrogen-bond acceptors (Lipinski definition) is 3. The Balaban J connectivity index is 0.000000349. The standard InChI is InChI=1S/C39H29NO2P2.C8H12.BF4.Rh/c1-40(34-22-12-13-23-37(34)43(30-16-4-2-5-17-30)31-18-6-3-7-19-31)44-41-35-26-24-28-14-8-10-20-32(28)38(35)39-33-21-11-9-15-29(33)25-27-36(39)42-44;1-2-4-6-8-7-5-3-1;2-1(3,4)5;/h2-27H,1H3;1-2,7-8H,3-6H2;;/q;;-1;. The van der Waals surface area contributed by atoms with Crippen molar-refractivity contribution in [1.82, 2.24) is 0 Å². The van der Waals surface area contributed by atoms with Gasteiger partial charge in [0.15, 0.2) is 0 Å². The van der Waals surface area contributed by atoms with Crippen molar-refractivity contribution in [1.29, 1.82) is 0 Å². The maximum atomic E-state index is 9.75. The summed E-state index contributed by atoms with van der Waals surface area (Å²) in [5, 5.41) is 10.7. The molecule has 1 fully saturated rings. The summed E-state index contributed by atoms with van der Waals surface area (Å²) in [7, 11) is -6.28. The summed E-state index contributed by atoms with van der Waals surface area (Å²) < 4.78 is 55.1. The molecule has 0 spiro atoms. The quantitative estimate of drug-likeness (QED) is 0.0979. The number of para-hydroxylation sites is 1. The van der Waals surface area contributed by atoms with Crippen molar-refractivity contribution < 1.29 is 45.1 Å². The first-order chi connectivity index (χ1) is 27.8. The van der Waals surface area contributed by atoms with E-state index in [1.807, 2.05) is 0 Å². The van der Waals surface area contributed by atoms with E-state index in [9.17, 15) is 17.3 Å². The van der Waals surface area contributed by atoms with E-state index in [0.717, 1.165) is 38.4 Å². The first-order valence-corrected chi connectivity index (χ1v) is 21.3. The third-order valence-electron chi connectivity index (χ3n) is 9.46. The van der Waals surface area contributed by atoms with E-state index < -0.39 is 23.3 Å². The Morgan fingerprint density at radius 3 is 1.33 bits per heavy atom. The average molecular weight is 904 g/mol. The molecule has 1 aliphatic carbocycles. The van der Waals surface area contributed by atoms with E-state index in [1.165, 1.54) is 52.4 Å². The summed E-state index contributed by atoms with van der Waals surface area (Å²) in [5.41, 5.74) is 2.77. The van der Waals surface area contributed by atoms with Crippen LogP contribution >= 0.6 is 16.1 Å². The van der Waals surface area contributed by atoms with Gasteiger partial charge in [0.1, 0.15) is 11.2 Å². The van der Waals surface area contributed by atoms with Gasteiger partial charge in [-0.3, -0.25) is 4.67 Å². The van der Waals surface area contributed by atoms with Crippen LogP contribution < -0.4 is 20.6 Å². The fourth-order valence-corrected chi connectivity index (χ4v) is 10.8. The summed E-state index contributed by atoms with van der Waals surface area (Å²) in [6.07, 6.45) is 14.0. The molecule has 3 nitrogen and oxygen atoms in total. The molecule has 0 bridgehead atoms. The van der Waals surface area contributed by atoms with Gasteiger partial charge in [-0.05, 0) is 110 Å². The minimum absolute atomic E-state index is 0. The Morgan fingerprint density at radius 1 is 0.500 bits per heavy atom. The van der Waals surface area contributed by atoms with Gasteiger partial charge < -0.3 is 25.7 Å². The zero-order valence-electron chi connectivity index (χ0n) is 31.7. The number of fused-ring (bicyclic) bond motifs is 7. The van der Waals surface area contributed by atoms with Crippen LogP contribution in [-0.4, -0.2) is 14.3 Å². The zero-order valence-corrected chi connectivity index (χ0v) is 35.2. The Bertz CT molecular complexity index is 2430. The Labute approximate surface area is 352 Å². The summed E-state index contributed by atoms with van der Waals surface area (Å²) in [6.45, 7) is 0. The molecule has 5 radical (unpaired) electrons. The van der Waals surface area contributed by atoms with Gasteiger partial charge in [0.2, 0.25) is 0 Å². The van der Waals surface area contributed by atoms with Crippen molar-refractivity contribution in [2.24, 2.45) is 0 Å². The van der Waals surface area contributed by atoms with Gasteiger partial charge in [-0.2, -0.15) is 0 Å². The first kappa shape index (κ1) is 43.2. The molecule has 1 heterocycles. The van der Waals surface area contributed by atoms with Crippen molar-refractivity contribution >= 4 is 88.4 Å². The fourth-order valence-electron chi connectivity index (χ4n) is 6.93. The molecule has 11 heteroatoms. The topological polar surface area (TPSA) is 29.5 Å². The number of anilines is 1. The van der Waals surface area contributed by atoms with Gasteiger partial charge in [0.05, 0.1) is 5.69 Å². The van der Waals surface area contributed by atoms with Crippen molar-refractivity contribution in [3.05, 3.63) is 183 Å². The normalized spacial score (nSPS) is 13.1. The molecule has 0 atom stereocenters. The number of halogens is 4. The van der Waals surface area contributed by atoms with Gasteiger partial charge in [0, 0.05) is 42.6 Å². The summed E-state index contributed by atoms with van der Waals surface area (Å²) >= 11 is 0. The average Bonchev–Trinajstić information content (AvgIpc) is 3.39. The van der Waals surface area contributed by atoms with Crippen LogP contribution in [0.3, 0.4) is 0 Å². The third-order valence-corrected chi connectivity index (χ3v) is 13.4. The second-order valence-electron chi connectivity index (χ2n) is 13.4. The SMILES string of the molecule is CN(c1ccccc1P(c1ccccc1)c1ccccc1)p1oc2ccc3ccccc3c2c2c(ccc3ccccc32)o1.F[B-](F)(F)F.[CH]1[CH]CC[CH][CH]CC1.[Rh]. The van der Waals surface area contributed by atoms with E-state index in [2.05, 4.69) is 195 Å². The molecule has 0 saturated heterocycles. The molecule has 0 aliphatic heterocycles. The van der Waals surface area contributed by atoms with Crippen molar-refractivity contribution in [3.8, 4) is 0 Å². The van der Waals surface area contributed by atoms with Crippen molar-refractivity contribution in [2.75, 3.05) is 11.7 Å². The molecule has 0 unspecified atom stereocenters. The summed E-state index contributed by atoms with van der Waals surface area (Å²) in [5.74, 6) is 0. The van der Waals surface area contributed by atoms with Crippen LogP contribution in [0, 0.1) is 25.7 Å². The molecule has 7 aromatic carbocycles. The predicted octanol–water partition coefficient (Wildman–Crippen LogP) is 13.9. The zero-order chi connectivity index (χ0) is 39.6. The summed E-state index contributed by atoms with van der Waals surface area (Å²) in [4.78, 5) is 0. The van der Waals surface area contributed by atoms with Crippen LogP contribution in [0.2, 0.25) is 0 Å².